The van der Waals surface area contributed by atoms with E-state index in [2.05, 4.69) is 30.5 Å². The average Bonchev–Trinajstić information content (AvgIpc) is 3.21. The average molecular weight is 342 g/mol. The van der Waals surface area contributed by atoms with Crippen LogP contribution in [0.25, 0.3) is 11.1 Å². The van der Waals surface area contributed by atoms with Crippen molar-refractivity contribution in [1.29, 1.82) is 0 Å². The molecule has 1 saturated heterocycles. The molecule has 25 heavy (non-hydrogen) atoms. The van der Waals surface area contributed by atoms with E-state index in [1.807, 2.05) is 6.92 Å². The minimum Gasteiger partial charge on any atom is -0.360 e. The normalized spacial score (nSPS) is 17.8. The number of piperidine rings is 1. The van der Waals surface area contributed by atoms with Gasteiger partial charge in [0.05, 0.1) is 11.6 Å². The van der Waals surface area contributed by atoms with Gasteiger partial charge in [-0.1, -0.05) is 10.3 Å². The third kappa shape index (κ3) is 2.92. The van der Waals surface area contributed by atoms with Crippen molar-refractivity contribution in [3.63, 3.8) is 0 Å². The van der Waals surface area contributed by atoms with Crippen LogP contribution in [0.3, 0.4) is 0 Å². The zero-order valence-electron chi connectivity index (χ0n) is 14.0. The van der Waals surface area contributed by atoms with Gasteiger partial charge in [0, 0.05) is 19.2 Å². The molecule has 1 aliphatic heterocycles. The molecule has 0 saturated carbocycles. The second-order valence-electron chi connectivity index (χ2n) is 6.24. The molecular weight excluding hydrogens is 324 g/mol. The molecule has 1 fully saturated rings. The number of anilines is 2. The first-order chi connectivity index (χ1) is 12.1. The van der Waals surface area contributed by atoms with Crippen LogP contribution in [-0.2, 0) is 4.79 Å². The molecule has 1 aliphatic rings. The molecule has 0 aromatic carbocycles. The van der Waals surface area contributed by atoms with Gasteiger partial charge in [0.15, 0.2) is 5.82 Å². The lowest BCUT2D eigenvalue weighted by molar-refractivity contribution is -0.120. The highest BCUT2D eigenvalue weighted by Gasteiger charge is 2.29. The Morgan fingerprint density at radius 2 is 2.16 bits per heavy atom. The van der Waals surface area contributed by atoms with E-state index in [4.69, 9.17) is 9.05 Å². The summed E-state index contributed by atoms with van der Waals surface area (Å²) in [6.07, 6.45) is 3.17. The largest absolute Gasteiger partial charge is 0.360 e. The van der Waals surface area contributed by atoms with E-state index in [-0.39, 0.29) is 11.8 Å². The summed E-state index contributed by atoms with van der Waals surface area (Å²) in [7, 11) is 0. The van der Waals surface area contributed by atoms with Crippen LogP contribution in [0.1, 0.15) is 24.3 Å². The molecule has 0 aliphatic carbocycles. The highest BCUT2D eigenvalue weighted by Crippen LogP contribution is 2.29. The Balaban J connectivity index is 1.54. The quantitative estimate of drug-likeness (QED) is 0.770. The van der Waals surface area contributed by atoms with Crippen molar-refractivity contribution in [2.75, 3.05) is 23.3 Å². The van der Waals surface area contributed by atoms with Crippen molar-refractivity contribution in [2.24, 2.45) is 5.92 Å². The lowest BCUT2D eigenvalue weighted by atomic mass is 9.97. The lowest BCUT2D eigenvalue weighted by Gasteiger charge is -2.32. The summed E-state index contributed by atoms with van der Waals surface area (Å²) in [5.74, 6) is 1.64. The van der Waals surface area contributed by atoms with Gasteiger partial charge in [0.2, 0.25) is 5.91 Å². The molecule has 1 N–H and O–H groups in total. The van der Waals surface area contributed by atoms with Crippen molar-refractivity contribution in [2.45, 2.75) is 26.7 Å². The molecule has 9 heteroatoms. The standard InChI is InChI=1S/C16H18N6O3/c1-9-6-12(21-24-9)19-15(23)11-4-3-5-22(7-11)14-13-10(2)20-25-16(13)18-8-17-14/h6,8,11H,3-5,7H2,1-2H3,(H,19,21,23)/t11-/m0/s1. The number of aryl methyl sites for hydroxylation is 2. The van der Waals surface area contributed by atoms with Gasteiger partial charge in [-0.2, -0.15) is 4.98 Å². The molecule has 4 heterocycles. The van der Waals surface area contributed by atoms with Crippen LogP contribution in [0.5, 0.6) is 0 Å². The Hall–Kier alpha value is -2.97. The zero-order chi connectivity index (χ0) is 17.4. The number of rotatable bonds is 3. The maximum atomic E-state index is 12.6. The predicted octanol–water partition coefficient (Wildman–Crippen LogP) is 2.08. The van der Waals surface area contributed by atoms with Crippen LogP contribution in [0, 0.1) is 19.8 Å². The summed E-state index contributed by atoms with van der Waals surface area (Å²) >= 11 is 0. The lowest BCUT2D eigenvalue weighted by Crippen LogP contribution is -2.41. The molecule has 0 bridgehead atoms. The third-order valence-electron chi connectivity index (χ3n) is 4.39. The number of hydrogen-bond donors (Lipinski definition) is 1. The number of carbonyl (C=O) groups excluding carboxylic acids is 1. The van der Waals surface area contributed by atoms with Crippen molar-refractivity contribution in [3.05, 3.63) is 23.8 Å². The van der Waals surface area contributed by atoms with E-state index >= 15 is 0 Å². The molecule has 130 valence electrons. The van der Waals surface area contributed by atoms with Gasteiger partial charge < -0.3 is 19.3 Å². The molecule has 3 aromatic rings. The number of fused-ring (bicyclic) bond motifs is 1. The maximum absolute atomic E-state index is 12.6. The van der Waals surface area contributed by atoms with Crippen molar-refractivity contribution in [1.82, 2.24) is 20.3 Å². The summed E-state index contributed by atoms with van der Waals surface area (Å²) < 4.78 is 10.2. The summed E-state index contributed by atoms with van der Waals surface area (Å²) in [4.78, 5) is 23.1. The molecule has 0 unspecified atom stereocenters. The number of nitrogens with zero attached hydrogens (tertiary/aromatic N) is 5. The Kier molecular flexibility index (Phi) is 3.83. The van der Waals surface area contributed by atoms with Crippen LogP contribution >= 0.6 is 0 Å². The third-order valence-corrected chi connectivity index (χ3v) is 4.39. The first-order valence-corrected chi connectivity index (χ1v) is 8.18. The molecular formula is C16H18N6O3. The zero-order valence-corrected chi connectivity index (χ0v) is 14.0. The monoisotopic (exact) mass is 342 g/mol. The fraction of sp³-hybridized carbons (Fsp3) is 0.438. The number of aromatic nitrogens is 4. The minimum absolute atomic E-state index is 0.0645. The molecule has 0 radical (unpaired) electrons. The molecule has 0 spiro atoms. The smallest absolute Gasteiger partial charge is 0.263 e. The topological polar surface area (TPSA) is 110 Å². The van der Waals surface area contributed by atoms with Gasteiger partial charge in [0.1, 0.15) is 23.3 Å². The van der Waals surface area contributed by atoms with E-state index < -0.39 is 0 Å². The van der Waals surface area contributed by atoms with Gasteiger partial charge in [0.25, 0.3) is 5.71 Å². The SMILES string of the molecule is Cc1cc(NC(=O)[C@H]2CCCN(c3ncnc4onc(C)c34)C2)no1. The number of hydrogen-bond acceptors (Lipinski definition) is 8. The maximum Gasteiger partial charge on any atom is 0.263 e. The molecule has 1 atom stereocenters. The van der Waals surface area contributed by atoms with Gasteiger partial charge in [-0.25, -0.2) is 4.98 Å². The minimum atomic E-state index is -0.157. The van der Waals surface area contributed by atoms with E-state index in [9.17, 15) is 4.79 Å². The van der Waals surface area contributed by atoms with Crippen LogP contribution in [-0.4, -0.2) is 39.3 Å². The second-order valence-corrected chi connectivity index (χ2v) is 6.24. The Morgan fingerprint density at radius 1 is 1.28 bits per heavy atom. The summed E-state index contributed by atoms with van der Waals surface area (Å²) in [6.45, 7) is 5.04. The Labute approximate surface area is 143 Å². The van der Waals surface area contributed by atoms with Crippen molar-refractivity contribution >= 4 is 28.6 Å². The fourth-order valence-electron chi connectivity index (χ4n) is 3.18. The van der Waals surface area contributed by atoms with Crippen LogP contribution < -0.4 is 10.2 Å². The van der Waals surface area contributed by atoms with Crippen LogP contribution in [0.4, 0.5) is 11.6 Å². The Morgan fingerprint density at radius 3 is 2.96 bits per heavy atom. The van der Waals surface area contributed by atoms with Crippen molar-refractivity contribution < 1.29 is 13.8 Å². The van der Waals surface area contributed by atoms with Gasteiger partial charge in [-0.05, 0) is 26.7 Å². The fourth-order valence-corrected chi connectivity index (χ4v) is 3.18. The van der Waals surface area contributed by atoms with E-state index in [0.29, 0.717) is 23.8 Å². The molecule has 9 nitrogen and oxygen atoms in total. The van der Waals surface area contributed by atoms with Crippen LogP contribution in [0.15, 0.2) is 21.4 Å². The van der Waals surface area contributed by atoms with E-state index in [1.54, 1.807) is 13.0 Å². The predicted molar refractivity (Wildman–Crippen MR) is 89.1 cm³/mol. The highest BCUT2D eigenvalue weighted by atomic mass is 16.5. The molecule has 4 rings (SSSR count). The first kappa shape index (κ1) is 15.6. The number of nitrogens with one attached hydrogen (secondary N) is 1. The van der Waals surface area contributed by atoms with Gasteiger partial charge in [-0.3, -0.25) is 4.79 Å². The van der Waals surface area contributed by atoms with Gasteiger partial charge in [-0.15, -0.1) is 0 Å². The van der Waals surface area contributed by atoms with E-state index in [0.717, 1.165) is 36.3 Å². The summed E-state index contributed by atoms with van der Waals surface area (Å²) in [6, 6.07) is 1.70. The summed E-state index contributed by atoms with van der Waals surface area (Å²) in [5.41, 5.74) is 1.21. The second kappa shape index (κ2) is 6.15. The molecule has 3 aromatic heterocycles. The number of carbonyl (C=O) groups is 1. The molecule has 1 amide bonds. The Bertz CT molecular complexity index is 918. The number of amides is 1. The van der Waals surface area contributed by atoms with E-state index in [1.165, 1.54) is 6.33 Å². The highest BCUT2D eigenvalue weighted by molar-refractivity contribution is 5.93. The van der Waals surface area contributed by atoms with Gasteiger partial charge >= 0.3 is 0 Å². The van der Waals surface area contributed by atoms with Crippen molar-refractivity contribution in [3.8, 4) is 0 Å². The van der Waals surface area contributed by atoms with Crippen LogP contribution in [0.2, 0.25) is 0 Å². The first-order valence-electron chi connectivity index (χ1n) is 8.18. The summed E-state index contributed by atoms with van der Waals surface area (Å²) in [5, 5.41) is 11.4.